The maximum absolute atomic E-state index is 12.9. The van der Waals surface area contributed by atoms with Gasteiger partial charge in [0.15, 0.2) is 5.96 Å². The zero-order chi connectivity index (χ0) is 12.1. The van der Waals surface area contributed by atoms with Crippen LogP contribution in [-0.2, 0) is 0 Å². The van der Waals surface area contributed by atoms with Gasteiger partial charge in [-0.05, 0) is 24.6 Å². The largest absolute Gasteiger partial charge is 0.370 e. The molecule has 1 aromatic carbocycles. The van der Waals surface area contributed by atoms with Crippen LogP contribution >= 0.6 is 0 Å². The molecule has 0 aliphatic rings. The topological polar surface area (TPSA) is 103 Å². The van der Waals surface area contributed by atoms with Gasteiger partial charge in [0.1, 0.15) is 5.82 Å². The molecule has 0 spiro atoms. The molecule has 86 valence electrons. The Morgan fingerprint density at radius 2 is 2.00 bits per heavy atom. The Labute approximate surface area is 92.9 Å². The van der Waals surface area contributed by atoms with Gasteiger partial charge in [0.2, 0.25) is 5.96 Å². The summed E-state index contributed by atoms with van der Waals surface area (Å²) in [6.07, 6.45) is 0. The van der Waals surface area contributed by atoms with E-state index in [4.69, 9.17) is 17.2 Å². The Kier molecular flexibility index (Phi) is 3.82. The smallest absolute Gasteiger partial charge is 0.219 e. The molecule has 0 radical (unpaired) electrons. The predicted octanol–water partition coefficient (Wildman–Crippen LogP) is 0.475. The summed E-state index contributed by atoms with van der Waals surface area (Å²) in [5.41, 5.74) is 16.4. The lowest BCUT2D eigenvalue weighted by molar-refractivity contribution is 0.622. The third-order valence-corrected chi connectivity index (χ3v) is 1.90. The molecular weight excluding hydrogens is 209 g/mol. The second-order valence-corrected chi connectivity index (χ2v) is 3.25. The number of hydrogen-bond donors (Lipinski definition) is 3. The Hall–Kier alpha value is -2.11. The molecule has 0 heterocycles. The molecule has 0 aromatic heterocycles. The molecule has 1 unspecified atom stereocenters. The maximum Gasteiger partial charge on any atom is 0.219 e. The Morgan fingerprint density at radius 3 is 2.56 bits per heavy atom. The van der Waals surface area contributed by atoms with Crippen molar-refractivity contribution in [3.05, 3.63) is 35.6 Å². The van der Waals surface area contributed by atoms with Crippen molar-refractivity contribution in [3.63, 3.8) is 0 Å². The van der Waals surface area contributed by atoms with Gasteiger partial charge in [0.05, 0.1) is 6.04 Å². The van der Waals surface area contributed by atoms with Crippen molar-refractivity contribution in [2.24, 2.45) is 27.2 Å². The van der Waals surface area contributed by atoms with Crippen molar-refractivity contribution in [1.82, 2.24) is 0 Å². The van der Waals surface area contributed by atoms with E-state index in [9.17, 15) is 4.39 Å². The lowest BCUT2D eigenvalue weighted by atomic mass is 10.1. The van der Waals surface area contributed by atoms with Crippen molar-refractivity contribution in [1.29, 1.82) is 0 Å². The molecular formula is C10H14FN5. The molecule has 16 heavy (non-hydrogen) atoms. The van der Waals surface area contributed by atoms with E-state index in [-0.39, 0.29) is 23.8 Å². The van der Waals surface area contributed by atoms with Crippen LogP contribution in [-0.4, -0.2) is 11.9 Å². The SMILES string of the molecule is CC(N=C(N)N=C(N)N)c1cccc(F)c1. The van der Waals surface area contributed by atoms with E-state index >= 15 is 0 Å². The van der Waals surface area contributed by atoms with Crippen LogP contribution in [0.2, 0.25) is 0 Å². The fraction of sp³-hybridized carbons (Fsp3) is 0.200. The molecule has 0 amide bonds. The minimum Gasteiger partial charge on any atom is -0.370 e. The third kappa shape index (κ3) is 3.56. The molecule has 5 nitrogen and oxygen atoms in total. The fourth-order valence-corrected chi connectivity index (χ4v) is 1.20. The average molecular weight is 223 g/mol. The highest BCUT2D eigenvalue weighted by molar-refractivity contribution is 5.92. The van der Waals surface area contributed by atoms with Gasteiger partial charge in [-0.15, -0.1) is 0 Å². The molecule has 6 N–H and O–H groups in total. The summed E-state index contributed by atoms with van der Waals surface area (Å²) in [6.45, 7) is 1.77. The van der Waals surface area contributed by atoms with Crippen LogP contribution in [0.15, 0.2) is 34.3 Å². The standard InChI is InChI=1S/C10H14FN5/c1-6(15-10(14)16-9(12)13)7-3-2-4-8(11)5-7/h2-6H,1H3,(H6,12,13,14,15,16). The van der Waals surface area contributed by atoms with E-state index in [0.29, 0.717) is 5.56 Å². The number of halogens is 1. The third-order valence-electron chi connectivity index (χ3n) is 1.90. The Bertz CT molecular complexity index is 423. The summed E-state index contributed by atoms with van der Waals surface area (Å²) in [6, 6.07) is 5.79. The summed E-state index contributed by atoms with van der Waals surface area (Å²) in [4.78, 5) is 7.58. The van der Waals surface area contributed by atoms with Crippen molar-refractivity contribution in [3.8, 4) is 0 Å². The number of benzene rings is 1. The van der Waals surface area contributed by atoms with Crippen molar-refractivity contribution in [2.75, 3.05) is 0 Å². The molecule has 0 bridgehead atoms. The molecule has 0 fully saturated rings. The van der Waals surface area contributed by atoms with E-state index in [1.165, 1.54) is 12.1 Å². The first kappa shape index (κ1) is 12.0. The van der Waals surface area contributed by atoms with Crippen LogP contribution in [0.1, 0.15) is 18.5 Å². The molecule has 6 heteroatoms. The van der Waals surface area contributed by atoms with Crippen molar-refractivity contribution >= 4 is 11.9 Å². The predicted molar refractivity (Wildman–Crippen MR) is 62.2 cm³/mol. The molecule has 1 atom stereocenters. The maximum atomic E-state index is 12.9. The van der Waals surface area contributed by atoms with Crippen LogP contribution in [0, 0.1) is 5.82 Å². The van der Waals surface area contributed by atoms with Gasteiger partial charge in [-0.2, -0.15) is 4.99 Å². The zero-order valence-electron chi connectivity index (χ0n) is 8.89. The van der Waals surface area contributed by atoms with Gasteiger partial charge in [0, 0.05) is 0 Å². The van der Waals surface area contributed by atoms with E-state index in [1.54, 1.807) is 19.1 Å². The van der Waals surface area contributed by atoms with Crippen LogP contribution < -0.4 is 17.2 Å². The van der Waals surface area contributed by atoms with Crippen LogP contribution in [0.4, 0.5) is 4.39 Å². The second kappa shape index (κ2) is 5.11. The molecule has 0 aliphatic carbocycles. The highest BCUT2D eigenvalue weighted by Crippen LogP contribution is 2.17. The molecule has 1 rings (SSSR count). The van der Waals surface area contributed by atoms with Gasteiger partial charge in [0.25, 0.3) is 0 Å². The Balaban J connectivity index is 2.87. The molecule has 0 saturated carbocycles. The summed E-state index contributed by atoms with van der Waals surface area (Å²) in [5, 5.41) is 0. The van der Waals surface area contributed by atoms with Gasteiger partial charge in [-0.1, -0.05) is 12.1 Å². The first-order chi connectivity index (χ1) is 7.49. The molecule has 0 saturated heterocycles. The summed E-state index contributed by atoms with van der Waals surface area (Å²) in [7, 11) is 0. The van der Waals surface area contributed by atoms with E-state index in [1.807, 2.05) is 0 Å². The quantitative estimate of drug-likeness (QED) is 0.501. The average Bonchev–Trinajstić information content (AvgIpc) is 2.16. The van der Waals surface area contributed by atoms with E-state index < -0.39 is 0 Å². The summed E-state index contributed by atoms with van der Waals surface area (Å²) >= 11 is 0. The number of nitrogens with zero attached hydrogens (tertiary/aromatic N) is 2. The minimum atomic E-state index is -0.319. The number of aliphatic imine (C=N–C) groups is 2. The fourth-order valence-electron chi connectivity index (χ4n) is 1.20. The minimum absolute atomic E-state index is 0.0308. The number of nitrogens with two attached hydrogens (primary N) is 3. The van der Waals surface area contributed by atoms with Crippen molar-refractivity contribution < 1.29 is 4.39 Å². The van der Waals surface area contributed by atoms with E-state index in [2.05, 4.69) is 9.98 Å². The highest BCUT2D eigenvalue weighted by Gasteiger charge is 2.04. The van der Waals surface area contributed by atoms with Gasteiger partial charge in [-0.3, -0.25) is 0 Å². The monoisotopic (exact) mass is 223 g/mol. The van der Waals surface area contributed by atoms with E-state index in [0.717, 1.165) is 0 Å². The highest BCUT2D eigenvalue weighted by atomic mass is 19.1. The Morgan fingerprint density at radius 1 is 1.31 bits per heavy atom. The molecule has 1 aromatic rings. The van der Waals surface area contributed by atoms with Crippen LogP contribution in [0.3, 0.4) is 0 Å². The van der Waals surface area contributed by atoms with Crippen LogP contribution in [0.5, 0.6) is 0 Å². The summed E-state index contributed by atoms with van der Waals surface area (Å²) < 4.78 is 12.9. The lowest BCUT2D eigenvalue weighted by Gasteiger charge is -2.06. The van der Waals surface area contributed by atoms with Gasteiger partial charge < -0.3 is 17.2 Å². The zero-order valence-corrected chi connectivity index (χ0v) is 8.89. The van der Waals surface area contributed by atoms with Gasteiger partial charge in [-0.25, -0.2) is 9.38 Å². The van der Waals surface area contributed by atoms with Crippen LogP contribution in [0.25, 0.3) is 0 Å². The summed E-state index contributed by atoms with van der Waals surface area (Å²) in [5.74, 6) is -0.510. The first-order valence-corrected chi connectivity index (χ1v) is 4.67. The number of rotatable bonds is 2. The normalized spacial score (nSPS) is 13.2. The lowest BCUT2D eigenvalue weighted by Crippen LogP contribution is -2.26. The number of hydrogen-bond acceptors (Lipinski definition) is 1. The molecule has 0 aliphatic heterocycles. The second-order valence-electron chi connectivity index (χ2n) is 3.25. The van der Waals surface area contributed by atoms with Gasteiger partial charge >= 0.3 is 0 Å². The van der Waals surface area contributed by atoms with Crippen molar-refractivity contribution in [2.45, 2.75) is 13.0 Å². The number of guanidine groups is 2. The first-order valence-electron chi connectivity index (χ1n) is 4.67.